The second kappa shape index (κ2) is 6.14. The van der Waals surface area contributed by atoms with E-state index in [0.717, 1.165) is 43.4 Å². The summed E-state index contributed by atoms with van der Waals surface area (Å²) in [6.07, 6.45) is 8.43. The lowest BCUT2D eigenvalue weighted by molar-refractivity contribution is 0.642. The number of hydrogen-bond donors (Lipinski definition) is 1. The van der Waals surface area contributed by atoms with Gasteiger partial charge in [-0.3, -0.25) is 0 Å². The fraction of sp³-hybridized carbons (Fsp3) is 0.714. The van der Waals surface area contributed by atoms with Gasteiger partial charge in [-0.25, -0.2) is 9.97 Å². The third kappa shape index (κ3) is 3.67. The summed E-state index contributed by atoms with van der Waals surface area (Å²) in [5.74, 6) is 1.72. The lowest BCUT2D eigenvalue weighted by Gasteiger charge is -2.20. The second-order valence-corrected chi connectivity index (χ2v) is 5.25. The highest BCUT2D eigenvalue weighted by molar-refractivity contribution is 5.30. The van der Waals surface area contributed by atoms with Crippen molar-refractivity contribution in [1.82, 2.24) is 9.97 Å². The van der Waals surface area contributed by atoms with Crippen LogP contribution in [-0.4, -0.2) is 29.1 Å². The van der Waals surface area contributed by atoms with E-state index < -0.39 is 0 Å². The summed E-state index contributed by atoms with van der Waals surface area (Å²) in [5.41, 5.74) is 7.07. The molecule has 1 aliphatic carbocycles. The monoisotopic (exact) mass is 248 g/mol. The van der Waals surface area contributed by atoms with Crippen LogP contribution in [-0.2, 0) is 6.42 Å². The van der Waals surface area contributed by atoms with Crippen molar-refractivity contribution in [3.63, 3.8) is 0 Å². The average Bonchev–Trinajstić information content (AvgIpc) is 3.21. The Morgan fingerprint density at radius 2 is 2.00 bits per heavy atom. The van der Waals surface area contributed by atoms with Gasteiger partial charge >= 0.3 is 0 Å². The van der Waals surface area contributed by atoms with Gasteiger partial charge in [0.25, 0.3) is 0 Å². The molecular formula is C14H24N4. The average molecular weight is 248 g/mol. The molecule has 1 aromatic rings. The summed E-state index contributed by atoms with van der Waals surface area (Å²) in [6.45, 7) is 6.34. The highest BCUT2D eigenvalue weighted by atomic mass is 15.2. The predicted octanol–water partition coefficient (Wildman–Crippen LogP) is 1.99. The van der Waals surface area contributed by atoms with E-state index in [4.69, 9.17) is 5.73 Å². The van der Waals surface area contributed by atoms with Gasteiger partial charge in [-0.05, 0) is 44.1 Å². The first kappa shape index (κ1) is 13.3. The zero-order valence-electron chi connectivity index (χ0n) is 11.5. The number of hydrogen-bond acceptors (Lipinski definition) is 4. The van der Waals surface area contributed by atoms with Crippen LogP contribution in [0.4, 0.5) is 5.95 Å². The van der Waals surface area contributed by atoms with Crippen molar-refractivity contribution >= 4 is 5.95 Å². The highest BCUT2D eigenvalue weighted by Gasteiger charge is 2.24. The molecule has 0 aliphatic heterocycles. The zero-order valence-corrected chi connectivity index (χ0v) is 11.5. The van der Waals surface area contributed by atoms with Crippen molar-refractivity contribution in [3.8, 4) is 0 Å². The van der Waals surface area contributed by atoms with E-state index in [2.05, 4.69) is 28.7 Å². The molecule has 1 unspecified atom stereocenters. The maximum Gasteiger partial charge on any atom is 0.225 e. The van der Waals surface area contributed by atoms with Crippen molar-refractivity contribution in [2.24, 2.45) is 11.7 Å². The largest absolute Gasteiger partial charge is 0.341 e. The van der Waals surface area contributed by atoms with E-state index in [0.29, 0.717) is 0 Å². The standard InChI is InChI=1S/C14H24N4/c1-3-13(15)7-12-8-16-14(17-9-12)18(4-2)10-11-5-6-11/h8-9,11,13H,3-7,10,15H2,1-2H3. The SMILES string of the molecule is CCC(N)Cc1cnc(N(CC)CC2CC2)nc1. The number of rotatable bonds is 7. The first-order valence-corrected chi connectivity index (χ1v) is 7.04. The Labute approximate surface area is 110 Å². The molecule has 0 bridgehead atoms. The third-order valence-electron chi connectivity index (χ3n) is 3.55. The van der Waals surface area contributed by atoms with Crippen molar-refractivity contribution in [2.75, 3.05) is 18.0 Å². The predicted molar refractivity (Wildman–Crippen MR) is 74.6 cm³/mol. The van der Waals surface area contributed by atoms with Gasteiger partial charge in [-0.2, -0.15) is 0 Å². The van der Waals surface area contributed by atoms with E-state index in [-0.39, 0.29) is 6.04 Å². The smallest absolute Gasteiger partial charge is 0.225 e. The molecule has 1 aliphatic rings. The van der Waals surface area contributed by atoms with Gasteiger partial charge in [0.05, 0.1) is 0 Å². The molecule has 0 saturated heterocycles. The maximum absolute atomic E-state index is 5.94. The molecule has 4 heteroatoms. The van der Waals surface area contributed by atoms with E-state index >= 15 is 0 Å². The van der Waals surface area contributed by atoms with Crippen LogP contribution in [0, 0.1) is 5.92 Å². The van der Waals surface area contributed by atoms with Crippen LogP contribution in [0.3, 0.4) is 0 Å². The van der Waals surface area contributed by atoms with Crippen molar-refractivity contribution in [1.29, 1.82) is 0 Å². The van der Waals surface area contributed by atoms with Crippen molar-refractivity contribution in [3.05, 3.63) is 18.0 Å². The molecule has 1 atom stereocenters. The number of nitrogens with zero attached hydrogens (tertiary/aromatic N) is 3. The lowest BCUT2D eigenvalue weighted by Crippen LogP contribution is -2.27. The van der Waals surface area contributed by atoms with E-state index in [1.165, 1.54) is 12.8 Å². The van der Waals surface area contributed by atoms with Crippen LogP contribution in [0.15, 0.2) is 12.4 Å². The quantitative estimate of drug-likeness (QED) is 0.802. The minimum absolute atomic E-state index is 0.216. The molecule has 4 nitrogen and oxygen atoms in total. The molecule has 0 amide bonds. The molecule has 0 spiro atoms. The van der Waals surface area contributed by atoms with Gasteiger partial charge in [-0.1, -0.05) is 6.92 Å². The van der Waals surface area contributed by atoms with Crippen molar-refractivity contribution in [2.45, 2.75) is 45.6 Å². The number of nitrogens with two attached hydrogens (primary N) is 1. The molecule has 1 heterocycles. The van der Waals surface area contributed by atoms with E-state index in [9.17, 15) is 0 Å². The van der Waals surface area contributed by atoms with Gasteiger partial charge in [-0.15, -0.1) is 0 Å². The number of anilines is 1. The van der Waals surface area contributed by atoms with E-state index in [1.807, 2.05) is 12.4 Å². The zero-order chi connectivity index (χ0) is 13.0. The molecule has 2 N–H and O–H groups in total. The molecule has 0 aromatic carbocycles. The van der Waals surface area contributed by atoms with Crippen LogP contribution in [0.5, 0.6) is 0 Å². The summed E-state index contributed by atoms with van der Waals surface area (Å²) in [4.78, 5) is 11.2. The van der Waals surface area contributed by atoms with Gasteiger partial charge in [0, 0.05) is 31.5 Å². The Morgan fingerprint density at radius 3 is 2.50 bits per heavy atom. The summed E-state index contributed by atoms with van der Waals surface area (Å²) < 4.78 is 0. The Hall–Kier alpha value is -1.16. The first-order chi connectivity index (χ1) is 8.72. The van der Waals surface area contributed by atoms with E-state index in [1.54, 1.807) is 0 Å². The molecule has 18 heavy (non-hydrogen) atoms. The minimum Gasteiger partial charge on any atom is -0.341 e. The topological polar surface area (TPSA) is 55.0 Å². The van der Waals surface area contributed by atoms with Crippen LogP contribution in [0.25, 0.3) is 0 Å². The molecule has 1 aromatic heterocycles. The molecule has 100 valence electrons. The molecule has 1 fully saturated rings. The maximum atomic E-state index is 5.94. The fourth-order valence-corrected chi connectivity index (χ4v) is 2.03. The molecular weight excluding hydrogens is 224 g/mol. The Kier molecular flexibility index (Phi) is 4.53. The summed E-state index contributed by atoms with van der Waals surface area (Å²) in [5, 5.41) is 0. The Morgan fingerprint density at radius 1 is 1.33 bits per heavy atom. The highest BCUT2D eigenvalue weighted by Crippen LogP contribution is 2.30. The van der Waals surface area contributed by atoms with Gasteiger partial charge in [0.1, 0.15) is 0 Å². The normalized spacial score (nSPS) is 16.6. The lowest BCUT2D eigenvalue weighted by atomic mass is 10.1. The second-order valence-electron chi connectivity index (χ2n) is 5.25. The van der Waals surface area contributed by atoms with Crippen LogP contribution in [0.1, 0.15) is 38.7 Å². The number of aromatic nitrogens is 2. The summed E-state index contributed by atoms with van der Waals surface area (Å²) in [7, 11) is 0. The van der Waals surface area contributed by atoms with Crippen LogP contribution in [0.2, 0.25) is 0 Å². The Balaban J connectivity index is 1.96. The Bertz CT molecular complexity index is 359. The summed E-state index contributed by atoms with van der Waals surface area (Å²) >= 11 is 0. The van der Waals surface area contributed by atoms with Crippen LogP contribution < -0.4 is 10.6 Å². The van der Waals surface area contributed by atoms with Crippen molar-refractivity contribution < 1.29 is 0 Å². The first-order valence-electron chi connectivity index (χ1n) is 7.04. The summed E-state index contributed by atoms with van der Waals surface area (Å²) in [6, 6.07) is 0.216. The fourth-order valence-electron chi connectivity index (χ4n) is 2.03. The van der Waals surface area contributed by atoms with Crippen LogP contribution >= 0.6 is 0 Å². The molecule has 2 rings (SSSR count). The molecule has 1 saturated carbocycles. The van der Waals surface area contributed by atoms with Gasteiger partial charge in [0.15, 0.2) is 0 Å². The third-order valence-corrected chi connectivity index (χ3v) is 3.55. The minimum atomic E-state index is 0.216. The van der Waals surface area contributed by atoms with Gasteiger partial charge < -0.3 is 10.6 Å². The van der Waals surface area contributed by atoms with Gasteiger partial charge in [0.2, 0.25) is 5.95 Å². The molecule has 0 radical (unpaired) electrons.